The number of carbonyl (C=O) groups excluding carboxylic acids is 1. The van der Waals surface area contributed by atoms with Gasteiger partial charge < -0.3 is 9.72 Å². The largest absolute Gasteiger partial charge is 0.465 e. The number of hydrogen-bond acceptors (Lipinski definition) is 2. The van der Waals surface area contributed by atoms with Gasteiger partial charge in [0.1, 0.15) is 0 Å². The van der Waals surface area contributed by atoms with E-state index in [1.54, 1.807) is 0 Å². The number of aromatic nitrogens is 1. The summed E-state index contributed by atoms with van der Waals surface area (Å²) in [6.45, 7) is 10.3. The van der Waals surface area contributed by atoms with Crippen LogP contribution in [0.5, 0.6) is 0 Å². The molecule has 3 aromatic rings. The summed E-state index contributed by atoms with van der Waals surface area (Å²) < 4.78 is 5.23. The van der Waals surface area contributed by atoms with Crippen molar-refractivity contribution in [1.82, 2.24) is 4.98 Å². The standard InChI is InChI=1S/C22H25NO2/c1-6-25-21(24)22(4,5)18-7-8-19-17(12-18)13-20(23-19)16-10-14(2)9-15(3)11-16/h7-13,23H,6H2,1-5H3. The lowest BCUT2D eigenvalue weighted by Crippen LogP contribution is -2.31. The Morgan fingerprint density at radius 1 is 1.04 bits per heavy atom. The lowest BCUT2D eigenvalue weighted by Gasteiger charge is -2.22. The molecule has 0 amide bonds. The number of rotatable bonds is 4. The highest BCUT2D eigenvalue weighted by atomic mass is 16.5. The maximum atomic E-state index is 12.3. The first-order chi connectivity index (χ1) is 11.8. The number of ether oxygens (including phenoxy) is 1. The number of fused-ring (bicyclic) bond motifs is 1. The molecule has 1 N–H and O–H groups in total. The van der Waals surface area contributed by atoms with Crippen LogP contribution in [-0.2, 0) is 14.9 Å². The third-order valence-electron chi connectivity index (χ3n) is 4.66. The van der Waals surface area contributed by atoms with Crippen molar-refractivity contribution in [2.45, 2.75) is 40.0 Å². The number of esters is 1. The number of hydrogen-bond donors (Lipinski definition) is 1. The van der Waals surface area contributed by atoms with Gasteiger partial charge in [-0.1, -0.05) is 23.3 Å². The Balaban J connectivity index is 2.03. The third kappa shape index (κ3) is 3.32. The fourth-order valence-electron chi connectivity index (χ4n) is 3.24. The molecule has 0 unspecified atom stereocenters. The first kappa shape index (κ1) is 17.3. The van der Waals surface area contributed by atoms with Crippen molar-refractivity contribution in [3.8, 4) is 11.3 Å². The molecule has 3 rings (SSSR count). The lowest BCUT2D eigenvalue weighted by molar-refractivity contribution is -0.148. The Bertz CT molecular complexity index is 914. The molecule has 2 aromatic carbocycles. The van der Waals surface area contributed by atoms with Gasteiger partial charge in [0.2, 0.25) is 0 Å². The third-order valence-corrected chi connectivity index (χ3v) is 4.66. The van der Waals surface area contributed by atoms with Crippen molar-refractivity contribution in [1.29, 1.82) is 0 Å². The Morgan fingerprint density at radius 3 is 2.36 bits per heavy atom. The molecule has 3 nitrogen and oxygen atoms in total. The van der Waals surface area contributed by atoms with Crippen LogP contribution in [0.1, 0.15) is 37.5 Å². The van der Waals surface area contributed by atoms with Crippen LogP contribution >= 0.6 is 0 Å². The second kappa shape index (κ2) is 6.40. The van der Waals surface area contributed by atoms with Crippen molar-refractivity contribution in [2.24, 2.45) is 0 Å². The summed E-state index contributed by atoms with van der Waals surface area (Å²) >= 11 is 0. The van der Waals surface area contributed by atoms with Gasteiger partial charge in [0, 0.05) is 16.6 Å². The van der Waals surface area contributed by atoms with E-state index in [0.29, 0.717) is 6.61 Å². The summed E-state index contributed by atoms with van der Waals surface area (Å²) in [4.78, 5) is 15.8. The zero-order chi connectivity index (χ0) is 18.2. The van der Waals surface area contributed by atoms with Crippen LogP contribution < -0.4 is 0 Å². The predicted octanol–water partition coefficient (Wildman–Crippen LogP) is 5.29. The molecule has 0 saturated carbocycles. The monoisotopic (exact) mass is 335 g/mol. The van der Waals surface area contributed by atoms with Gasteiger partial charge in [-0.2, -0.15) is 0 Å². The maximum absolute atomic E-state index is 12.3. The van der Waals surface area contributed by atoms with Gasteiger partial charge in [0.05, 0.1) is 12.0 Å². The molecule has 0 aliphatic carbocycles. The summed E-state index contributed by atoms with van der Waals surface area (Å²) in [6.07, 6.45) is 0. The second-order valence-corrected chi connectivity index (χ2v) is 7.21. The van der Waals surface area contributed by atoms with E-state index < -0.39 is 5.41 Å². The van der Waals surface area contributed by atoms with Crippen molar-refractivity contribution < 1.29 is 9.53 Å². The van der Waals surface area contributed by atoms with Crippen LogP contribution in [0.25, 0.3) is 22.2 Å². The van der Waals surface area contributed by atoms with Crippen LogP contribution in [-0.4, -0.2) is 17.6 Å². The number of aromatic amines is 1. The molecule has 0 fully saturated rings. The molecule has 0 atom stereocenters. The van der Waals surface area contributed by atoms with E-state index in [4.69, 9.17) is 4.74 Å². The molecule has 25 heavy (non-hydrogen) atoms. The normalized spacial score (nSPS) is 11.7. The zero-order valence-corrected chi connectivity index (χ0v) is 15.6. The van der Waals surface area contributed by atoms with E-state index >= 15 is 0 Å². The van der Waals surface area contributed by atoms with Crippen LogP contribution in [0.3, 0.4) is 0 Å². The summed E-state index contributed by atoms with van der Waals surface area (Å²) in [5, 5.41) is 1.10. The highest BCUT2D eigenvalue weighted by molar-refractivity contribution is 5.89. The quantitative estimate of drug-likeness (QED) is 0.658. The summed E-state index contributed by atoms with van der Waals surface area (Å²) in [5.41, 5.74) is 6.13. The van der Waals surface area contributed by atoms with Crippen molar-refractivity contribution in [2.75, 3.05) is 6.61 Å². The molecule has 0 bridgehead atoms. The van der Waals surface area contributed by atoms with Crippen LogP contribution in [0.15, 0.2) is 42.5 Å². The molecule has 3 heteroatoms. The lowest BCUT2D eigenvalue weighted by atomic mass is 9.84. The Hall–Kier alpha value is -2.55. The Kier molecular flexibility index (Phi) is 4.42. The number of aryl methyl sites for hydroxylation is 2. The number of nitrogens with one attached hydrogen (secondary N) is 1. The Morgan fingerprint density at radius 2 is 1.72 bits per heavy atom. The highest BCUT2D eigenvalue weighted by Gasteiger charge is 2.31. The van der Waals surface area contributed by atoms with Crippen LogP contribution in [0.4, 0.5) is 0 Å². The van der Waals surface area contributed by atoms with Crippen LogP contribution in [0.2, 0.25) is 0 Å². The summed E-state index contributed by atoms with van der Waals surface area (Å²) in [7, 11) is 0. The molecule has 0 aliphatic rings. The SMILES string of the molecule is CCOC(=O)C(C)(C)c1ccc2[nH]c(-c3cc(C)cc(C)c3)cc2c1. The minimum absolute atomic E-state index is 0.195. The first-order valence-electron chi connectivity index (χ1n) is 8.70. The minimum atomic E-state index is -0.665. The average molecular weight is 335 g/mol. The summed E-state index contributed by atoms with van der Waals surface area (Å²) in [6, 6.07) is 14.8. The van der Waals surface area contributed by atoms with Gasteiger partial charge in [-0.25, -0.2) is 0 Å². The van der Waals surface area contributed by atoms with Gasteiger partial charge >= 0.3 is 5.97 Å². The number of benzene rings is 2. The van der Waals surface area contributed by atoms with E-state index in [1.807, 2.05) is 32.9 Å². The van der Waals surface area contributed by atoms with Crippen molar-refractivity contribution in [3.05, 3.63) is 59.2 Å². The fourth-order valence-corrected chi connectivity index (χ4v) is 3.24. The van der Waals surface area contributed by atoms with Crippen LogP contribution in [0, 0.1) is 13.8 Å². The second-order valence-electron chi connectivity index (χ2n) is 7.21. The van der Waals surface area contributed by atoms with E-state index in [9.17, 15) is 4.79 Å². The molecule has 1 aromatic heterocycles. The number of H-pyrrole nitrogens is 1. The maximum Gasteiger partial charge on any atom is 0.315 e. The van der Waals surface area contributed by atoms with E-state index in [2.05, 4.69) is 49.2 Å². The molecule has 0 spiro atoms. The Labute approximate surface area is 149 Å². The molecular formula is C22H25NO2. The molecular weight excluding hydrogens is 310 g/mol. The summed E-state index contributed by atoms with van der Waals surface area (Å²) in [5.74, 6) is -0.195. The molecule has 1 heterocycles. The molecule has 0 aliphatic heterocycles. The minimum Gasteiger partial charge on any atom is -0.465 e. The zero-order valence-electron chi connectivity index (χ0n) is 15.6. The molecule has 0 saturated heterocycles. The number of carbonyl (C=O) groups is 1. The fraction of sp³-hybridized carbons (Fsp3) is 0.318. The smallest absolute Gasteiger partial charge is 0.315 e. The average Bonchev–Trinajstić information content (AvgIpc) is 2.97. The first-order valence-corrected chi connectivity index (χ1v) is 8.70. The predicted molar refractivity (Wildman–Crippen MR) is 103 cm³/mol. The van der Waals surface area contributed by atoms with E-state index in [0.717, 1.165) is 22.2 Å². The highest BCUT2D eigenvalue weighted by Crippen LogP contribution is 2.31. The molecule has 0 radical (unpaired) electrons. The molecule has 130 valence electrons. The van der Waals surface area contributed by atoms with Gasteiger partial charge in [0.15, 0.2) is 0 Å². The van der Waals surface area contributed by atoms with Gasteiger partial charge in [-0.3, -0.25) is 4.79 Å². The topological polar surface area (TPSA) is 42.1 Å². The van der Waals surface area contributed by atoms with Gasteiger partial charge in [-0.05, 0) is 76.1 Å². The van der Waals surface area contributed by atoms with Gasteiger partial charge in [0.25, 0.3) is 0 Å². The van der Waals surface area contributed by atoms with E-state index in [1.165, 1.54) is 16.7 Å². The van der Waals surface area contributed by atoms with Crippen molar-refractivity contribution >= 4 is 16.9 Å². The van der Waals surface area contributed by atoms with Crippen molar-refractivity contribution in [3.63, 3.8) is 0 Å². The van der Waals surface area contributed by atoms with E-state index in [-0.39, 0.29) is 5.97 Å². The van der Waals surface area contributed by atoms with Gasteiger partial charge in [-0.15, -0.1) is 0 Å².